The Morgan fingerprint density at radius 3 is 2.64 bits per heavy atom. The number of benzene rings is 1. The number of hydrogen-bond acceptors (Lipinski definition) is 4. The highest BCUT2D eigenvalue weighted by Gasteiger charge is 2.32. The van der Waals surface area contributed by atoms with Crippen LogP contribution in [0.1, 0.15) is 29.0 Å². The lowest BCUT2D eigenvalue weighted by molar-refractivity contribution is 0.0945. The van der Waals surface area contributed by atoms with Crippen molar-refractivity contribution in [3.8, 4) is 0 Å². The Bertz CT molecular complexity index is 754. The molecule has 0 radical (unpaired) electrons. The molecule has 2 N–H and O–H groups in total. The molecular weight excluding hydrogens is 327 g/mol. The summed E-state index contributed by atoms with van der Waals surface area (Å²) in [6, 6.07) is 5.82. The smallest absolute Gasteiger partial charge is 0.317 e. The third-order valence-electron chi connectivity index (χ3n) is 3.96. The van der Waals surface area contributed by atoms with Crippen LogP contribution in [0.4, 0.5) is 9.18 Å². The molecule has 8 nitrogen and oxygen atoms in total. The second kappa shape index (κ2) is 7.29. The highest BCUT2D eigenvalue weighted by molar-refractivity contribution is 5.91. The van der Waals surface area contributed by atoms with Crippen LogP contribution in [0.3, 0.4) is 0 Å². The van der Waals surface area contributed by atoms with Crippen molar-refractivity contribution in [2.24, 2.45) is 0 Å². The lowest BCUT2D eigenvalue weighted by Crippen LogP contribution is -2.54. The molecule has 0 saturated carbocycles. The Labute approximate surface area is 144 Å². The number of likely N-dealkylation sites (tertiary alicyclic amines) is 1. The van der Waals surface area contributed by atoms with Crippen molar-refractivity contribution in [1.29, 1.82) is 0 Å². The van der Waals surface area contributed by atoms with Gasteiger partial charge < -0.3 is 15.5 Å². The van der Waals surface area contributed by atoms with Crippen molar-refractivity contribution in [1.82, 2.24) is 30.5 Å². The summed E-state index contributed by atoms with van der Waals surface area (Å²) in [5, 5.41) is 13.3. The third-order valence-corrected chi connectivity index (χ3v) is 3.96. The van der Waals surface area contributed by atoms with E-state index in [0.717, 1.165) is 5.56 Å². The molecule has 1 aromatic heterocycles. The second-order valence-corrected chi connectivity index (χ2v) is 5.79. The first kappa shape index (κ1) is 16.9. The molecule has 3 rings (SSSR count). The van der Waals surface area contributed by atoms with Gasteiger partial charge in [-0.05, 0) is 24.6 Å². The van der Waals surface area contributed by atoms with Gasteiger partial charge in [-0.1, -0.05) is 17.3 Å². The molecule has 1 aliphatic heterocycles. The summed E-state index contributed by atoms with van der Waals surface area (Å²) in [6.07, 6.45) is 1.57. The summed E-state index contributed by atoms with van der Waals surface area (Å²) < 4.78 is 14.5. The normalized spacial score (nSPS) is 14.1. The van der Waals surface area contributed by atoms with Crippen molar-refractivity contribution in [3.63, 3.8) is 0 Å². The zero-order valence-electron chi connectivity index (χ0n) is 13.8. The van der Waals surface area contributed by atoms with Gasteiger partial charge in [-0.15, -0.1) is 5.10 Å². The molecule has 0 spiro atoms. The molecule has 25 heavy (non-hydrogen) atoms. The van der Waals surface area contributed by atoms with Gasteiger partial charge in [0.25, 0.3) is 5.91 Å². The van der Waals surface area contributed by atoms with Crippen LogP contribution in [0, 0.1) is 5.82 Å². The number of carbonyl (C=O) groups excluding carboxylic acids is 2. The average molecular weight is 346 g/mol. The molecule has 1 fully saturated rings. The number of carbonyl (C=O) groups is 2. The Hall–Kier alpha value is -2.97. The fourth-order valence-electron chi connectivity index (χ4n) is 2.49. The number of urea groups is 1. The number of aromatic nitrogens is 3. The van der Waals surface area contributed by atoms with Gasteiger partial charge in [-0.2, -0.15) is 0 Å². The monoisotopic (exact) mass is 346 g/mol. The van der Waals surface area contributed by atoms with Crippen LogP contribution >= 0.6 is 0 Å². The lowest BCUT2D eigenvalue weighted by Gasteiger charge is -2.38. The van der Waals surface area contributed by atoms with Crippen LogP contribution in [-0.4, -0.2) is 51.5 Å². The van der Waals surface area contributed by atoms with Gasteiger partial charge in [0.15, 0.2) is 5.69 Å². The summed E-state index contributed by atoms with van der Waals surface area (Å²) in [6.45, 7) is 3.79. The van der Waals surface area contributed by atoms with Gasteiger partial charge in [-0.3, -0.25) is 4.79 Å². The van der Waals surface area contributed by atoms with Crippen molar-refractivity contribution in [3.05, 3.63) is 47.5 Å². The zero-order valence-corrected chi connectivity index (χ0v) is 13.8. The fraction of sp³-hybridized carbons (Fsp3) is 0.375. The van der Waals surface area contributed by atoms with Crippen LogP contribution in [-0.2, 0) is 6.54 Å². The number of nitrogens with one attached hydrogen (secondary N) is 2. The van der Waals surface area contributed by atoms with Crippen LogP contribution in [0.2, 0.25) is 0 Å². The lowest BCUT2D eigenvalue weighted by atomic mass is 10.1. The maximum absolute atomic E-state index is 12.9. The molecule has 2 heterocycles. The molecule has 1 saturated heterocycles. The third kappa shape index (κ3) is 3.93. The Kier molecular flexibility index (Phi) is 4.92. The van der Waals surface area contributed by atoms with E-state index in [4.69, 9.17) is 0 Å². The van der Waals surface area contributed by atoms with Gasteiger partial charge in [0.1, 0.15) is 5.82 Å². The van der Waals surface area contributed by atoms with Crippen LogP contribution in [0.5, 0.6) is 0 Å². The van der Waals surface area contributed by atoms with Gasteiger partial charge in [-0.25, -0.2) is 13.9 Å². The van der Waals surface area contributed by atoms with Crippen LogP contribution < -0.4 is 10.6 Å². The Morgan fingerprint density at radius 1 is 1.24 bits per heavy atom. The summed E-state index contributed by atoms with van der Waals surface area (Å²) in [4.78, 5) is 25.4. The van der Waals surface area contributed by atoms with Gasteiger partial charge in [0.05, 0.1) is 12.2 Å². The van der Waals surface area contributed by atoms with Crippen LogP contribution in [0.25, 0.3) is 0 Å². The molecule has 2 aromatic rings. The molecule has 0 aliphatic carbocycles. The zero-order chi connectivity index (χ0) is 17.8. The van der Waals surface area contributed by atoms with E-state index < -0.39 is 0 Å². The minimum atomic E-state index is -0.351. The van der Waals surface area contributed by atoms with Crippen molar-refractivity contribution >= 4 is 11.9 Å². The molecule has 9 heteroatoms. The number of rotatable bonds is 5. The molecule has 0 unspecified atom stereocenters. The molecule has 0 bridgehead atoms. The number of halogens is 1. The summed E-state index contributed by atoms with van der Waals surface area (Å²) >= 11 is 0. The molecular formula is C16H19FN6O2. The van der Waals surface area contributed by atoms with Crippen molar-refractivity contribution < 1.29 is 14.0 Å². The van der Waals surface area contributed by atoms with Crippen molar-refractivity contribution in [2.45, 2.75) is 19.5 Å². The van der Waals surface area contributed by atoms with Gasteiger partial charge >= 0.3 is 6.03 Å². The standard InChI is InChI=1S/C16H19FN6O2/c1-2-18-16(25)22-8-13(9-22)23-10-14(20-21-23)15(24)19-7-11-3-5-12(17)6-4-11/h3-6,10,13H,2,7-9H2,1H3,(H,18,25)(H,19,24). The first-order valence-corrected chi connectivity index (χ1v) is 8.04. The summed E-state index contributed by atoms with van der Waals surface area (Å²) in [5.41, 5.74) is 0.997. The van der Waals surface area contributed by atoms with E-state index in [1.54, 1.807) is 27.9 Å². The van der Waals surface area contributed by atoms with E-state index in [9.17, 15) is 14.0 Å². The van der Waals surface area contributed by atoms with E-state index in [2.05, 4.69) is 20.9 Å². The molecule has 0 atom stereocenters. The second-order valence-electron chi connectivity index (χ2n) is 5.79. The van der Waals surface area contributed by atoms with Gasteiger partial charge in [0, 0.05) is 26.2 Å². The molecule has 1 aliphatic rings. The summed E-state index contributed by atoms with van der Waals surface area (Å²) in [7, 11) is 0. The average Bonchev–Trinajstić information content (AvgIpc) is 3.02. The first-order chi connectivity index (χ1) is 12.1. The first-order valence-electron chi connectivity index (χ1n) is 8.04. The highest BCUT2D eigenvalue weighted by Crippen LogP contribution is 2.20. The minimum Gasteiger partial charge on any atom is -0.347 e. The van der Waals surface area contributed by atoms with Gasteiger partial charge in [0.2, 0.25) is 0 Å². The SMILES string of the molecule is CCNC(=O)N1CC(n2cc(C(=O)NCc3ccc(F)cc3)nn2)C1. The van der Waals surface area contributed by atoms with E-state index in [1.807, 2.05) is 6.92 Å². The molecule has 3 amide bonds. The maximum atomic E-state index is 12.9. The number of hydrogen-bond donors (Lipinski definition) is 2. The quantitative estimate of drug-likeness (QED) is 0.843. The van der Waals surface area contributed by atoms with E-state index in [0.29, 0.717) is 19.6 Å². The Morgan fingerprint density at radius 2 is 1.96 bits per heavy atom. The highest BCUT2D eigenvalue weighted by atomic mass is 19.1. The minimum absolute atomic E-state index is 0.0220. The fourth-order valence-corrected chi connectivity index (χ4v) is 2.49. The largest absolute Gasteiger partial charge is 0.347 e. The topological polar surface area (TPSA) is 92.2 Å². The van der Waals surface area contributed by atoms with Crippen molar-refractivity contribution in [2.75, 3.05) is 19.6 Å². The van der Waals surface area contributed by atoms with E-state index in [-0.39, 0.29) is 36.0 Å². The molecule has 132 valence electrons. The maximum Gasteiger partial charge on any atom is 0.317 e. The number of nitrogens with zero attached hydrogens (tertiary/aromatic N) is 4. The van der Waals surface area contributed by atoms with E-state index in [1.165, 1.54) is 12.1 Å². The summed E-state index contributed by atoms with van der Waals surface area (Å²) in [5.74, 6) is -0.671. The Balaban J connectivity index is 1.50. The molecule has 1 aromatic carbocycles. The van der Waals surface area contributed by atoms with Crippen LogP contribution in [0.15, 0.2) is 30.5 Å². The van der Waals surface area contributed by atoms with E-state index >= 15 is 0 Å². The predicted octanol–water partition coefficient (Wildman–Crippen LogP) is 0.933. The predicted molar refractivity (Wildman–Crippen MR) is 87.3 cm³/mol. The number of amides is 3.